The number of carboxylic acid groups (broad SMARTS) is 1. The van der Waals surface area contributed by atoms with Gasteiger partial charge in [0, 0.05) is 11.6 Å². The Balaban J connectivity index is 3.55. The second-order valence-electron chi connectivity index (χ2n) is 6.02. The molecule has 0 aliphatic heterocycles. The van der Waals surface area contributed by atoms with Gasteiger partial charge in [0.1, 0.15) is 0 Å². The van der Waals surface area contributed by atoms with Crippen LogP contribution < -0.4 is 18.9 Å². The SMILES string of the molecule is CCCOc1cc(C=CC(=O)O)c(OCCC)c(OCCC)c1OCCC. The van der Waals surface area contributed by atoms with Gasteiger partial charge in [-0.3, -0.25) is 0 Å². The third-order valence-electron chi connectivity index (χ3n) is 3.40. The summed E-state index contributed by atoms with van der Waals surface area (Å²) in [6.07, 6.45) is 5.89. The largest absolute Gasteiger partial charge is 0.490 e. The van der Waals surface area contributed by atoms with Crippen LogP contribution in [0.2, 0.25) is 0 Å². The lowest BCUT2D eigenvalue weighted by Gasteiger charge is -2.21. The summed E-state index contributed by atoms with van der Waals surface area (Å²) >= 11 is 0. The lowest BCUT2D eigenvalue weighted by atomic mass is 10.1. The quantitative estimate of drug-likeness (QED) is 0.461. The molecule has 0 amide bonds. The van der Waals surface area contributed by atoms with E-state index >= 15 is 0 Å². The van der Waals surface area contributed by atoms with Crippen molar-refractivity contribution in [2.75, 3.05) is 26.4 Å². The molecular weight excluding hydrogens is 348 g/mol. The smallest absolute Gasteiger partial charge is 0.328 e. The van der Waals surface area contributed by atoms with Crippen molar-refractivity contribution in [2.24, 2.45) is 0 Å². The zero-order valence-electron chi connectivity index (χ0n) is 16.9. The fraction of sp³-hybridized carbons (Fsp3) is 0.571. The Morgan fingerprint density at radius 3 is 1.81 bits per heavy atom. The molecule has 0 heterocycles. The van der Waals surface area contributed by atoms with Gasteiger partial charge >= 0.3 is 5.97 Å². The molecule has 0 radical (unpaired) electrons. The minimum atomic E-state index is -1.03. The first-order valence-corrected chi connectivity index (χ1v) is 9.72. The van der Waals surface area contributed by atoms with E-state index in [1.54, 1.807) is 6.07 Å². The zero-order valence-corrected chi connectivity index (χ0v) is 16.9. The van der Waals surface area contributed by atoms with E-state index in [4.69, 9.17) is 24.1 Å². The molecule has 1 N–H and O–H groups in total. The van der Waals surface area contributed by atoms with E-state index in [9.17, 15) is 4.79 Å². The molecule has 1 aromatic carbocycles. The summed E-state index contributed by atoms with van der Waals surface area (Å²) in [7, 11) is 0. The van der Waals surface area contributed by atoms with Gasteiger partial charge in [0.15, 0.2) is 11.5 Å². The van der Waals surface area contributed by atoms with Gasteiger partial charge in [-0.05, 0) is 37.8 Å². The number of rotatable bonds is 14. The van der Waals surface area contributed by atoms with Crippen LogP contribution in [0.4, 0.5) is 0 Å². The van der Waals surface area contributed by atoms with E-state index < -0.39 is 5.97 Å². The summed E-state index contributed by atoms with van der Waals surface area (Å²) < 4.78 is 23.7. The van der Waals surface area contributed by atoms with Gasteiger partial charge in [-0.25, -0.2) is 4.79 Å². The topological polar surface area (TPSA) is 74.2 Å². The maximum Gasteiger partial charge on any atom is 0.328 e. The molecule has 1 aromatic rings. The first-order valence-electron chi connectivity index (χ1n) is 9.72. The monoisotopic (exact) mass is 380 g/mol. The molecule has 0 fully saturated rings. The summed E-state index contributed by atoms with van der Waals surface area (Å²) in [6.45, 7) is 10.1. The summed E-state index contributed by atoms with van der Waals surface area (Å²) in [5, 5.41) is 9.02. The second-order valence-corrected chi connectivity index (χ2v) is 6.02. The van der Waals surface area contributed by atoms with Gasteiger partial charge in [-0.15, -0.1) is 0 Å². The third-order valence-corrected chi connectivity index (χ3v) is 3.40. The number of ether oxygens (including phenoxy) is 4. The maximum absolute atomic E-state index is 11.0. The second kappa shape index (κ2) is 12.9. The van der Waals surface area contributed by atoms with E-state index in [0.29, 0.717) is 55.0 Å². The van der Waals surface area contributed by atoms with E-state index in [1.807, 2.05) is 27.7 Å². The van der Waals surface area contributed by atoms with Crippen molar-refractivity contribution < 1.29 is 28.8 Å². The van der Waals surface area contributed by atoms with Crippen LogP contribution in [0.15, 0.2) is 12.1 Å². The summed E-state index contributed by atoms with van der Waals surface area (Å²) in [6, 6.07) is 1.75. The van der Waals surface area contributed by atoms with Crippen LogP contribution in [-0.2, 0) is 4.79 Å². The minimum absolute atomic E-state index is 0.470. The van der Waals surface area contributed by atoms with Crippen LogP contribution in [0.25, 0.3) is 6.08 Å². The first kappa shape index (κ1) is 22.7. The zero-order chi connectivity index (χ0) is 20.1. The van der Waals surface area contributed by atoms with Gasteiger partial charge in [-0.2, -0.15) is 0 Å². The van der Waals surface area contributed by atoms with Crippen LogP contribution >= 0.6 is 0 Å². The van der Waals surface area contributed by atoms with E-state index in [2.05, 4.69) is 0 Å². The lowest BCUT2D eigenvalue weighted by Crippen LogP contribution is -2.08. The van der Waals surface area contributed by atoms with Gasteiger partial charge in [0.25, 0.3) is 0 Å². The standard InChI is InChI=1S/C21H32O6/c1-5-11-24-17-15-16(9-10-18(22)23)19(25-12-6-2)21(27-14-8-4)20(17)26-13-7-3/h9-10,15H,5-8,11-14H2,1-4H3,(H,22,23). The molecule has 0 aliphatic rings. The maximum atomic E-state index is 11.0. The highest BCUT2D eigenvalue weighted by Gasteiger charge is 2.23. The van der Waals surface area contributed by atoms with Crippen LogP contribution in [0.3, 0.4) is 0 Å². The highest BCUT2D eigenvalue weighted by molar-refractivity contribution is 5.87. The van der Waals surface area contributed by atoms with Crippen molar-refractivity contribution in [2.45, 2.75) is 53.4 Å². The Morgan fingerprint density at radius 2 is 1.30 bits per heavy atom. The predicted molar refractivity (Wildman–Crippen MR) is 106 cm³/mol. The van der Waals surface area contributed by atoms with Crippen LogP contribution in [0, 0.1) is 0 Å². The molecule has 0 saturated heterocycles. The first-order chi connectivity index (χ1) is 13.1. The number of carboxylic acids is 1. The van der Waals surface area contributed by atoms with Crippen molar-refractivity contribution in [3.63, 3.8) is 0 Å². The Morgan fingerprint density at radius 1 is 0.815 bits per heavy atom. The average molecular weight is 380 g/mol. The average Bonchev–Trinajstić information content (AvgIpc) is 2.66. The molecule has 0 aliphatic carbocycles. The Bertz CT molecular complexity index is 609. The molecule has 1 rings (SSSR count). The number of carbonyl (C=O) groups is 1. The van der Waals surface area contributed by atoms with Crippen LogP contribution in [0.5, 0.6) is 23.0 Å². The third kappa shape index (κ3) is 7.41. The molecule has 27 heavy (non-hydrogen) atoms. The lowest BCUT2D eigenvalue weighted by molar-refractivity contribution is -0.131. The van der Waals surface area contributed by atoms with Crippen molar-refractivity contribution in [3.8, 4) is 23.0 Å². The minimum Gasteiger partial charge on any atom is -0.490 e. The Hall–Kier alpha value is -2.37. The molecular formula is C21H32O6. The van der Waals surface area contributed by atoms with Gasteiger partial charge < -0.3 is 24.1 Å². The van der Waals surface area contributed by atoms with E-state index in [0.717, 1.165) is 31.8 Å². The number of hydrogen-bond acceptors (Lipinski definition) is 5. The molecule has 0 unspecified atom stereocenters. The highest BCUT2D eigenvalue weighted by Crippen LogP contribution is 2.48. The summed E-state index contributed by atoms with van der Waals surface area (Å²) in [5.41, 5.74) is 0.590. The van der Waals surface area contributed by atoms with Crippen molar-refractivity contribution in [3.05, 3.63) is 17.7 Å². The molecule has 0 aromatic heterocycles. The predicted octanol–water partition coefficient (Wildman–Crippen LogP) is 4.94. The van der Waals surface area contributed by atoms with Crippen LogP contribution in [0.1, 0.15) is 58.9 Å². The van der Waals surface area contributed by atoms with Crippen molar-refractivity contribution in [1.29, 1.82) is 0 Å². The summed E-state index contributed by atoms with van der Waals surface area (Å²) in [5.74, 6) is 0.965. The molecule has 0 spiro atoms. The summed E-state index contributed by atoms with van der Waals surface area (Å²) in [4.78, 5) is 11.0. The number of hydrogen-bond donors (Lipinski definition) is 1. The fourth-order valence-electron chi connectivity index (χ4n) is 2.25. The van der Waals surface area contributed by atoms with Crippen molar-refractivity contribution in [1.82, 2.24) is 0 Å². The molecule has 6 heteroatoms. The van der Waals surface area contributed by atoms with E-state index in [1.165, 1.54) is 6.08 Å². The molecule has 6 nitrogen and oxygen atoms in total. The molecule has 152 valence electrons. The number of benzene rings is 1. The molecule has 0 bridgehead atoms. The fourth-order valence-corrected chi connectivity index (χ4v) is 2.25. The van der Waals surface area contributed by atoms with Crippen LogP contribution in [-0.4, -0.2) is 37.5 Å². The van der Waals surface area contributed by atoms with Crippen molar-refractivity contribution >= 4 is 12.0 Å². The van der Waals surface area contributed by atoms with Gasteiger partial charge in [0.05, 0.1) is 26.4 Å². The van der Waals surface area contributed by atoms with Gasteiger partial charge in [-0.1, -0.05) is 27.7 Å². The normalized spacial score (nSPS) is 10.8. The molecule has 0 saturated carbocycles. The van der Waals surface area contributed by atoms with E-state index in [-0.39, 0.29) is 0 Å². The molecule has 0 atom stereocenters. The highest BCUT2D eigenvalue weighted by atomic mass is 16.6. The number of aliphatic carboxylic acids is 1. The van der Waals surface area contributed by atoms with Gasteiger partial charge in [0.2, 0.25) is 11.5 Å². The Kier molecular flexibility index (Phi) is 10.8. The Labute approximate surface area is 162 Å².